The lowest BCUT2D eigenvalue weighted by Crippen LogP contribution is -2.58. The van der Waals surface area contributed by atoms with Crippen LogP contribution in [0.1, 0.15) is 19.3 Å². The van der Waals surface area contributed by atoms with Gasteiger partial charge in [-0.1, -0.05) is 18.2 Å². The summed E-state index contributed by atoms with van der Waals surface area (Å²) in [5.41, 5.74) is 1.15. The standard InChI is InChI=1S/C18H27N3O3S/c1-25(23,24)18(8-10-19-11-9-18)17(22)21-13-5-12-20(14-15-21)16-6-3-2-4-7-16/h2-4,6-7,19H,5,8-15H2,1H3. The van der Waals surface area contributed by atoms with E-state index in [4.69, 9.17) is 0 Å². The highest BCUT2D eigenvalue weighted by Crippen LogP contribution is 2.30. The minimum Gasteiger partial charge on any atom is -0.370 e. The van der Waals surface area contributed by atoms with Crippen LogP contribution in [0.3, 0.4) is 0 Å². The minimum absolute atomic E-state index is 0.202. The number of carbonyl (C=O) groups excluding carboxylic acids is 1. The van der Waals surface area contributed by atoms with Crippen LogP contribution in [-0.2, 0) is 14.6 Å². The summed E-state index contributed by atoms with van der Waals surface area (Å²) >= 11 is 0. The van der Waals surface area contributed by atoms with Crippen LogP contribution in [0.15, 0.2) is 30.3 Å². The van der Waals surface area contributed by atoms with E-state index in [0.29, 0.717) is 39.0 Å². The predicted octanol–water partition coefficient (Wildman–Crippen LogP) is 0.892. The topological polar surface area (TPSA) is 69.7 Å². The highest BCUT2D eigenvalue weighted by atomic mass is 32.2. The van der Waals surface area contributed by atoms with Gasteiger partial charge < -0.3 is 15.1 Å². The van der Waals surface area contributed by atoms with Crippen molar-refractivity contribution < 1.29 is 13.2 Å². The zero-order chi connectivity index (χ0) is 17.9. The van der Waals surface area contributed by atoms with Crippen LogP contribution in [0.25, 0.3) is 0 Å². The van der Waals surface area contributed by atoms with Gasteiger partial charge in [-0.15, -0.1) is 0 Å². The summed E-state index contributed by atoms with van der Waals surface area (Å²) in [6, 6.07) is 10.2. The van der Waals surface area contributed by atoms with E-state index in [1.807, 2.05) is 18.2 Å². The van der Waals surface area contributed by atoms with E-state index in [1.54, 1.807) is 4.90 Å². The Morgan fingerprint density at radius 3 is 2.36 bits per heavy atom. The van der Waals surface area contributed by atoms with E-state index in [0.717, 1.165) is 25.2 Å². The first kappa shape index (κ1) is 18.2. The molecular weight excluding hydrogens is 338 g/mol. The summed E-state index contributed by atoms with van der Waals surface area (Å²) in [5.74, 6) is -0.202. The Hall–Kier alpha value is -1.60. The average molecular weight is 365 g/mol. The molecule has 1 amide bonds. The third-order valence-corrected chi connectivity index (χ3v) is 7.42. The van der Waals surface area contributed by atoms with E-state index >= 15 is 0 Å². The van der Waals surface area contributed by atoms with Crippen molar-refractivity contribution in [1.29, 1.82) is 0 Å². The Kier molecular flexibility index (Phi) is 5.34. The molecule has 7 heteroatoms. The molecule has 0 spiro atoms. The SMILES string of the molecule is CS(=O)(=O)C1(C(=O)N2CCCN(c3ccccc3)CC2)CCNCC1. The lowest BCUT2D eigenvalue weighted by molar-refractivity contribution is -0.134. The van der Waals surface area contributed by atoms with Crippen LogP contribution in [0.5, 0.6) is 0 Å². The van der Waals surface area contributed by atoms with Crippen LogP contribution in [0.2, 0.25) is 0 Å². The van der Waals surface area contributed by atoms with Crippen molar-refractivity contribution in [1.82, 2.24) is 10.2 Å². The zero-order valence-electron chi connectivity index (χ0n) is 14.8. The smallest absolute Gasteiger partial charge is 0.244 e. The lowest BCUT2D eigenvalue weighted by atomic mass is 9.95. The number of benzene rings is 1. The molecule has 2 aliphatic heterocycles. The first-order valence-electron chi connectivity index (χ1n) is 8.94. The molecular formula is C18H27N3O3S. The van der Waals surface area contributed by atoms with Gasteiger partial charge in [0.25, 0.3) is 0 Å². The third kappa shape index (κ3) is 3.67. The molecule has 0 aliphatic carbocycles. The maximum Gasteiger partial charge on any atom is 0.244 e. The van der Waals surface area contributed by atoms with Crippen LogP contribution in [-0.4, -0.2) is 69.5 Å². The second-order valence-corrected chi connectivity index (χ2v) is 9.31. The molecule has 2 fully saturated rings. The molecule has 2 aliphatic rings. The Morgan fingerprint density at radius 1 is 1.04 bits per heavy atom. The molecule has 1 N–H and O–H groups in total. The molecule has 6 nitrogen and oxygen atoms in total. The number of anilines is 1. The molecule has 3 rings (SSSR count). The normalized spacial score (nSPS) is 21.6. The first-order chi connectivity index (χ1) is 11.9. The molecule has 1 aromatic rings. The van der Waals surface area contributed by atoms with Crippen LogP contribution in [0.4, 0.5) is 5.69 Å². The fraction of sp³-hybridized carbons (Fsp3) is 0.611. The molecule has 0 radical (unpaired) electrons. The number of rotatable bonds is 3. The van der Waals surface area contributed by atoms with Gasteiger partial charge in [-0.05, 0) is 44.5 Å². The molecule has 0 saturated carbocycles. The monoisotopic (exact) mass is 365 g/mol. The molecule has 1 aromatic carbocycles. The summed E-state index contributed by atoms with van der Waals surface area (Å²) in [7, 11) is -3.46. The van der Waals surface area contributed by atoms with Gasteiger partial charge in [0.05, 0.1) is 0 Å². The van der Waals surface area contributed by atoms with Gasteiger partial charge in [0, 0.05) is 38.1 Å². The maximum atomic E-state index is 13.2. The summed E-state index contributed by atoms with van der Waals surface area (Å²) in [6.07, 6.45) is 2.79. The molecule has 138 valence electrons. The number of nitrogens with zero attached hydrogens (tertiary/aromatic N) is 2. The van der Waals surface area contributed by atoms with E-state index < -0.39 is 14.6 Å². The number of para-hydroxylation sites is 1. The molecule has 0 aromatic heterocycles. The highest BCUT2D eigenvalue weighted by molar-refractivity contribution is 7.92. The summed E-state index contributed by atoms with van der Waals surface area (Å²) < 4.78 is 23.7. The second-order valence-electron chi connectivity index (χ2n) is 6.98. The van der Waals surface area contributed by atoms with Gasteiger partial charge >= 0.3 is 0 Å². The van der Waals surface area contributed by atoms with Gasteiger partial charge in [-0.2, -0.15) is 0 Å². The molecule has 0 bridgehead atoms. The van der Waals surface area contributed by atoms with Crippen molar-refractivity contribution in [2.45, 2.75) is 24.0 Å². The second kappa shape index (κ2) is 7.33. The Labute approximate surface area is 150 Å². The molecule has 2 saturated heterocycles. The van der Waals surface area contributed by atoms with E-state index in [-0.39, 0.29) is 5.91 Å². The van der Waals surface area contributed by atoms with Crippen molar-refractivity contribution >= 4 is 21.4 Å². The van der Waals surface area contributed by atoms with Gasteiger partial charge in [0.1, 0.15) is 0 Å². The quantitative estimate of drug-likeness (QED) is 0.862. The number of piperidine rings is 1. The summed E-state index contributed by atoms with van der Waals surface area (Å²) in [4.78, 5) is 17.3. The molecule has 0 atom stereocenters. The highest BCUT2D eigenvalue weighted by Gasteiger charge is 2.50. The maximum absolute atomic E-state index is 13.2. The van der Waals surface area contributed by atoms with Gasteiger partial charge in [-0.25, -0.2) is 8.42 Å². The number of sulfone groups is 1. The third-order valence-electron chi connectivity index (χ3n) is 5.42. The van der Waals surface area contributed by atoms with Crippen molar-refractivity contribution in [2.75, 3.05) is 50.4 Å². The van der Waals surface area contributed by atoms with Gasteiger partial charge in [-0.3, -0.25) is 4.79 Å². The van der Waals surface area contributed by atoms with Crippen LogP contribution in [0, 0.1) is 0 Å². The summed E-state index contributed by atoms with van der Waals surface area (Å²) in [6.45, 7) is 3.94. The molecule has 25 heavy (non-hydrogen) atoms. The fourth-order valence-corrected chi connectivity index (χ4v) is 5.27. The zero-order valence-corrected chi connectivity index (χ0v) is 15.6. The fourth-order valence-electron chi connectivity index (χ4n) is 3.88. The van der Waals surface area contributed by atoms with Crippen molar-refractivity contribution in [2.24, 2.45) is 0 Å². The largest absolute Gasteiger partial charge is 0.370 e. The number of carbonyl (C=O) groups is 1. The molecule has 2 heterocycles. The number of hydrogen-bond donors (Lipinski definition) is 1. The van der Waals surface area contributed by atoms with Crippen LogP contribution < -0.4 is 10.2 Å². The Balaban J connectivity index is 1.76. The van der Waals surface area contributed by atoms with Crippen LogP contribution >= 0.6 is 0 Å². The van der Waals surface area contributed by atoms with Gasteiger partial charge in [0.2, 0.25) is 5.91 Å². The molecule has 0 unspecified atom stereocenters. The van der Waals surface area contributed by atoms with Crippen molar-refractivity contribution in [3.8, 4) is 0 Å². The Morgan fingerprint density at radius 2 is 1.72 bits per heavy atom. The van der Waals surface area contributed by atoms with Gasteiger partial charge in [0.15, 0.2) is 14.6 Å². The van der Waals surface area contributed by atoms with Crippen molar-refractivity contribution in [3.63, 3.8) is 0 Å². The average Bonchev–Trinajstić information content (AvgIpc) is 2.87. The van der Waals surface area contributed by atoms with E-state index in [1.165, 1.54) is 6.26 Å². The number of amides is 1. The first-order valence-corrected chi connectivity index (χ1v) is 10.8. The van der Waals surface area contributed by atoms with E-state index in [2.05, 4.69) is 22.3 Å². The predicted molar refractivity (Wildman–Crippen MR) is 99.5 cm³/mol. The summed E-state index contributed by atoms with van der Waals surface area (Å²) in [5, 5.41) is 3.17. The van der Waals surface area contributed by atoms with Crippen molar-refractivity contribution in [3.05, 3.63) is 30.3 Å². The number of hydrogen-bond acceptors (Lipinski definition) is 5. The Bertz CT molecular complexity index is 700. The number of nitrogens with one attached hydrogen (secondary N) is 1. The lowest BCUT2D eigenvalue weighted by Gasteiger charge is -2.38. The minimum atomic E-state index is -3.46. The van der Waals surface area contributed by atoms with E-state index in [9.17, 15) is 13.2 Å².